The van der Waals surface area contributed by atoms with E-state index in [4.69, 9.17) is 11.6 Å². The fourth-order valence-electron chi connectivity index (χ4n) is 4.18. The smallest absolute Gasteiger partial charge is 0.263 e. The summed E-state index contributed by atoms with van der Waals surface area (Å²) in [5, 5.41) is 0.312. The molecule has 0 saturated carbocycles. The molecule has 0 amide bonds. The van der Waals surface area contributed by atoms with Crippen LogP contribution in [-0.4, -0.2) is 14.5 Å². The minimum absolute atomic E-state index is 0.190. The Balaban J connectivity index is 1.75. The van der Waals surface area contributed by atoms with Crippen molar-refractivity contribution in [2.45, 2.75) is 43.5 Å². The van der Waals surface area contributed by atoms with Crippen LogP contribution in [0.1, 0.15) is 29.5 Å². The van der Waals surface area contributed by atoms with Crippen LogP contribution in [0.2, 0.25) is 5.02 Å². The van der Waals surface area contributed by atoms with E-state index < -0.39 is 27.7 Å². The van der Waals surface area contributed by atoms with Crippen molar-refractivity contribution < 1.29 is 17.2 Å². The number of halogens is 3. The van der Waals surface area contributed by atoms with Gasteiger partial charge in [0.25, 0.3) is 10.0 Å². The van der Waals surface area contributed by atoms with E-state index in [-0.39, 0.29) is 4.90 Å². The molecule has 0 fully saturated rings. The number of hydrogen-bond acceptors (Lipinski definition) is 2. The lowest BCUT2D eigenvalue weighted by atomic mass is 9.94. The maximum Gasteiger partial charge on any atom is 0.264 e. The van der Waals surface area contributed by atoms with E-state index in [1.807, 2.05) is 0 Å². The van der Waals surface area contributed by atoms with Gasteiger partial charge in [-0.2, -0.15) is 0 Å². The topological polar surface area (TPSA) is 37.4 Å². The lowest BCUT2D eigenvalue weighted by Gasteiger charge is -2.38. The molecule has 1 aliphatic rings. The Bertz CT molecular complexity index is 1230. The van der Waals surface area contributed by atoms with Crippen molar-refractivity contribution in [3.63, 3.8) is 0 Å². The normalized spacial score (nSPS) is 16.3. The highest BCUT2D eigenvalue weighted by Crippen LogP contribution is 2.38. The number of anilines is 1. The van der Waals surface area contributed by atoms with Crippen LogP contribution in [0.4, 0.5) is 14.5 Å². The number of rotatable bonds is 5. The molecule has 0 aliphatic carbocycles. The molecule has 1 aliphatic heterocycles. The van der Waals surface area contributed by atoms with Crippen LogP contribution >= 0.6 is 11.6 Å². The minimum atomic E-state index is -3.94. The SMILES string of the molecule is Cc1ccccc1S(=O)(=O)N1c2cc(F)ccc2CCC1CCc1ccc(Cl)cc1F. The van der Waals surface area contributed by atoms with Crippen molar-refractivity contribution in [1.29, 1.82) is 0 Å². The highest BCUT2D eigenvalue weighted by Gasteiger charge is 2.36. The number of fused-ring (bicyclic) bond motifs is 1. The molecule has 0 spiro atoms. The predicted molar refractivity (Wildman–Crippen MR) is 119 cm³/mol. The molecule has 31 heavy (non-hydrogen) atoms. The van der Waals surface area contributed by atoms with Crippen molar-refractivity contribution in [3.05, 3.63) is 94.0 Å². The lowest BCUT2D eigenvalue weighted by Crippen LogP contribution is -2.44. The fourth-order valence-corrected chi connectivity index (χ4v) is 6.30. The van der Waals surface area contributed by atoms with Gasteiger partial charge in [0, 0.05) is 11.1 Å². The molecule has 1 unspecified atom stereocenters. The molecular formula is C24H22ClF2NO2S. The van der Waals surface area contributed by atoms with Crippen molar-refractivity contribution in [1.82, 2.24) is 0 Å². The summed E-state index contributed by atoms with van der Waals surface area (Å²) in [6.07, 6.45) is 1.94. The van der Waals surface area contributed by atoms with Crippen LogP contribution < -0.4 is 4.31 Å². The number of benzene rings is 3. The van der Waals surface area contributed by atoms with E-state index in [0.29, 0.717) is 47.5 Å². The van der Waals surface area contributed by atoms with Gasteiger partial charge in [-0.15, -0.1) is 0 Å². The molecule has 1 atom stereocenters. The second-order valence-corrected chi connectivity index (χ2v) is 10.0. The first-order valence-corrected chi connectivity index (χ1v) is 11.9. The Morgan fingerprint density at radius 3 is 2.58 bits per heavy atom. The van der Waals surface area contributed by atoms with E-state index in [9.17, 15) is 17.2 Å². The van der Waals surface area contributed by atoms with Crippen LogP contribution in [-0.2, 0) is 22.9 Å². The van der Waals surface area contributed by atoms with E-state index >= 15 is 0 Å². The third-order valence-electron chi connectivity index (χ3n) is 5.76. The van der Waals surface area contributed by atoms with Crippen LogP contribution in [0, 0.1) is 18.6 Å². The summed E-state index contributed by atoms with van der Waals surface area (Å²) in [6.45, 7) is 1.74. The van der Waals surface area contributed by atoms with Gasteiger partial charge >= 0.3 is 0 Å². The Morgan fingerprint density at radius 2 is 1.84 bits per heavy atom. The number of hydrogen-bond donors (Lipinski definition) is 0. The van der Waals surface area contributed by atoms with Crippen molar-refractivity contribution in [2.24, 2.45) is 0 Å². The quantitative estimate of drug-likeness (QED) is 0.462. The molecule has 3 aromatic rings. The standard InChI is InChI=1S/C24H22ClF2NO2S/c1-16-4-2-3-5-24(16)31(29,30)28-21(12-8-17-6-10-19(25)14-22(17)27)13-9-18-7-11-20(26)15-23(18)28/h2-7,10-11,14-15,21H,8-9,12-13H2,1H3. The zero-order chi connectivity index (χ0) is 22.2. The molecule has 0 aromatic heterocycles. The van der Waals surface area contributed by atoms with Gasteiger partial charge < -0.3 is 0 Å². The summed E-state index contributed by atoms with van der Waals surface area (Å²) in [4.78, 5) is 0.190. The summed E-state index contributed by atoms with van der Waals surface area (Å²) in [6, 6.07) is 15.1. The maximum atomic E-state index is 14.3. The number of sulfonamides is 1. The van der Waals surface area contributed by atoms with Crippen LogP contribution in [0.5, 0.6) is 0 Å². The van der Waals surface area contributed by atoms with Crippen LogP contribution in [0.15, 0.2) is 65.6 Å². The molecule has 3 nitrogen and oxygen atoms in total. The second-order valence-electron chi connectivity index (χ2n) is 7.81. The minimum Gasteiger partial charge on any atom is -0.263 e. The molecule has 0 N–H and O–H groups in total. The van der Waals surface area contributed by atoms with Gasteiger partial charge in [-0.25, -0.2) is 17.2 Å². The van der Waals surface area contributed by atoms with E-state index in [1.54, 1.807) is 49.4 Å². The number of aryl methyl sites for hydroxylation is 3. The first-order valence-electron chi connectivity index (χ1n) is 10.1. The molecule has 0 bridgehead atoms. The van der Waals surface area contributed by atoms with Gasteiger partial charge in [0.15, 0.2) is 0 Å². The molecule has 0 saturated heterocycles. The molecule has 1 heterocycles. The first kappa shape index (κ1) is 21.8. The summed E-state index contributed by atoms with van der Waals surface area (Å²) in [5.74, 6) is -0.906. The average molecular weight is 462 g/mol. The van der Waals surface area contributed by atoms with Gasteiger partial charge in [-0.3, -0.25) is 4.31 Å². The van der Waals surface area contributed by atoms with Gasteiger partial charge in [0.2, 0.25) is 0 Å². The largest absolute Gasteiger partial charge is 0.264 e. The summed E-state index contributed by atoms with van der Waals surface area (Å²) < 4.78 is 57.2. The third kappa shape index (κ3) is 4.32. The zero-order valence-electron chi connectivity index (χ0n) is 17.0. The first-order chi connectivity index (χ1) is 14.8. The maximum absolute atomic E-state index is 14.3. The van der Waals surface area contributed by atoms with E-state index in [2.05, 4.69) is 0 Å². The Labute approximate surface area is 186 Å². The Kier molecular flexibility index (Phi) is 6.04. The summed E-state index contributed by atoms with van der Waals surface area (Å²) >= 11 is 5.84. The predicted octanol–water partition coefficient (Wildman–Crippen LogP) is 6.07. The molecule has 3 aromatic carbocycles. The summed E-state index contributed by atoms with van der Waals surface area (Å²) in [5.41, 5.74) is 2.24. The zero-order valence-corrected chi connectivity index (χ0v) is 18.6. The second kappa shape index (κ2) is 8.60. The van der Waals surface area contributed by atoms with Gasteiger partial charge in [-0.05, 0) is 79.6 Å². The molecule has 4 rings (SSSR count). The lowest BCUT2D eigenvalue weighted by molar-refractivity contribution is 0.515. The van der Waals surface area contributed by atoms with Crippen LogP contribution in [0.3, 0.4) is 0 Å². The monoisotopic (exact) mass is 461 g/mol. The molecule has 7 heteroatoms. The van der Waals surface area contributed by atoms with Crippen LogP contribution in [0.25, 0.3) is 0 Å². The van der Waals surface area contributed by atoms with Crippen molar-refractivity contribution in [3.8, 4) is 0 Å². The third-order valence-corrected chi connectivity index (χ3v) is 8.02. The highest BCUT2D eigenvalue weighted by atomic mass is 35.5. The molecular weight excluding hydrogens is 440 g/mol. The van der Waals surface area contributed by atoms with Crippen molar-refractivity contribution >= 4 is 27.3 Å². The Morgan fingerprint density at radius 1 is 1.06 bits per heavy atom. The van der Waals surface area contributed by atoms with Gasteiger partial charge in [-0.1, -0.05) is 41.9 Å². The Hall–Kier alpha value is -2.44. The van der Waals surface area contributed by atoms with E-state index in [1.165, 1.54) is 22.5 Å². The van der Waals surface area contributed by atoms with Gasteiger partial charge in [0.1, 0.15) is 11.6 Å². The van der Waals surface area contributed by atoms with Gasteiger partial charge in [0.05, 0.1) is 10.6 Å². The van der Waals surface area contributed by atoms with E-state index in [0.717, 1.165) is 5.56 Å². The van der Waals surface area contributed by atoms with Crippen molar-refractivity contribution in [2.75, 3.05) is 4.31 Å². The number of nitrogens with zero attached hydrogens (tertiary/aromatic N) is 1. The highest BCUT2D eigenvalue weighted by molar-refractivity contribution is 7.93. The molecule has 162 valence electrons. The average Bonchev–Trinajstić information content (AvgIpc) is 2.72. The fraction of sp³-hybridized carbons (Fsp3) is 0.250. The summed E-state index contributed by atoms with van der Waals surface area (Å²) in [7, 11) is -3.94. The molecule has 0 radical (unpaired) electrons.